The van der Waals surface area contributed by atoms with Gasteiger partial charge in [0.05, 0.1) is 13.2 Å². The molecule has 1 unspecified atom stereocenters. The van der Waals surface area contributed by atoms with Crippen LogP contribution in [-0.2, 0) is 11.3 Å². The maximum atomic E-state index is 13.3. The highest BCUT2D eigenvalue weighted by Crippen LogP contribution is 2.24. The normalized spacial score (nSPS) is 15.9. The maximum Gasteiger partial charge on any atom is 0.254 e. The number of amides is 1. The van der Waals surface area contributed by atoms with E-state index in [9.17, 15) is 4.79 Å². The van der Waals surface area contributed by atoms with E-state index in [-0.39, 0.29) is 24.4 Å². The number of methoxy groups -OCH3 is 1. The summed E-state index contributed by atoms with van der Waals surface area (Å²) in [7, 11) is 1.65. The summed E-state index contributed by atoms with van der Waals surface area (Å²) in [5.74, 6) is 0.748. The molecule has 2 aromatic carbocycles. The summed E-state index contributed by atoms with van der Waals surface area (Å²) in [5.41, 5.74) is 9.03. The van der Waals surface area contributed by atoms with Gasteiger partial charge < -0.3 is 20.1 Å². The summed E-state index contributed by atoms with van der Waals surface area (Å²) < 4.78 is 11.2. The Morgan fingerprint density at radius 2 is 2.07 bits per heavy atom. The van der Waals surface area contributed by atoms with Crippen molar-refractivity contribution in [2.24, 2.45) is 0 Å². The van der Waals surface area contributed by atoms with E-state index < -0.39 is 0 Å². The van der Waals surface area contributed by atoms with Crippen molar-refractivity contribution in [3.8, 4) is 5.75 Å². The first kappa shape index (κ1) is 21.1. The molecule has 1 atom stereocenters. The van der Waals surface area contributed by atoms with E-state index in [4.69, 9.17) is 15.2 Å². The van der Waals surface area contributed by atoms with Crippen molar-refractivity contribution in [3.05, 3.63) is 59.2 Å². The smallest absolute Gasteiger partial charge is 0.254 e. The first-order valence-corrected chi connectivity index (χ1v) is 8.97. The number of ether oxygens (including phenoxy) is 2. The summed E-state index contributed by atoms with van der Waals surface area (Å²) >= 11 is 0. The molecule has 0 aliphatic carbocycles. The molecule has 6 heteroatoms. The first-order valence-electron chi connectivity index (χ1n) is 8.97. The van der Waals surface area contributed by atoms with Crippen LogP contribution in [0.25, 0.3) is 0 Å². The van der Waals surface area contributed by atoms with Gasteiger partial charge in [0, 0.05) is 36.5 Å². The summed E-state index contributed by atoms with van der Waals surface area (Å²) in [6.07, 6.45) is 2.10. The fourth-order valence-electron chi connectivity index (χ4n) is 3.33. The van der Waals surface area contributed by atoms with Crippen LogP contribution >= 0.6 is 12.4 Å². The van der Waals surface area contributed by atoms with Crippen LogP contribution in [0.5, 0.6) is 5.75 Å². The molecule has 1 fully saturated rings. The predicted octanol–water partition coefficient (Wildman–Crippen LogP) is 3.83. The maximum absolute atomic E-state index is 13.3. The van der Waals surface area contributed by atoms with Crippen LogP contribution in [0.2, 0.25) is 0 Å². The van der Waals surface area contributed by atoms with Gasteiger partial charge in [-0.1, -0.05) is 24.3 Å². The second-order valence-corrected chi connectivity index (χ2v) is 6.71. The van der Waals surface area contributed by atoms with Crippen molar-refractivity contribution in [2.45, 2.75) is 32.4 Å². The molecule has 0 radical (unpaired) electrons. The Kier molecular flexibility index (Phi) is 7.51. The monoisotopic (exact) mass is 390 g/mol. The number of carbonyl (C=O) groups is 1. The topological polar surface area (TPSA) is 64.8 Å². The lowest BCUT2D eigenvalue weighted by atomic mass is 10.1. The van der Waals surface area contributed by atoms with Gasteiger partial charge in [0.15, 0.2) is 0 Å². The van der Waals surface area contributed by atoms with Crippen molar-refractivity contribution in [3.63, 3.8) is 0 Å². The van der Waals surface area contributed by atoms with E-state index in [0.717, 1.165) is 36.3 Å². The van der Waals surface area contributed by atoms with Crippen molar-refractivity contribution in [1.29, 1.82) is 0 Å². The van der Waals surface area contributed by atoms with E-state index in [2.05, 4.69) is 0 Å². The second-order valence-electron chi connectivity index (χ2n) is 6.71. The van der Waals surface area contributed by atoms with Crippen LogP contribution in [0.3, 0.4) is 0 Å². The minimum Gasteiger partial charge on any atom is -0.496 e. The SMILES string of the molecule is COc1ccccc1CN(CC1CCCO1)C(=O)c1cc(N)ccc1C.Cl. The van der Waals surface area contributed by atoms with Gasteiger partial charge in [-0.15, -0.1) is 12.4 Å². The van der Waals surface area contributed by atoms with Crippen LogP contribution in [-0.4, -0.2) is 37.2 Å². The Morgan fingerprint density at radius 3 is 2.78 bits per heavy atom. The molecule has 1 aliphatic rings. The van der Waals surface area contributed by atoms with Crippen LogP contribution in [0.15, 0.2) is 42.5 Å². The van der Waals surface area contributed by atoms with E-state index in [1.165, 1.54) is 0 Å². The molecule has 27 heavy (non-hydrogen) atoms. The van der Waals surface area contributed by atoms with Gasteiger partial charge in [-0.2, -0.15) is 0 Å². The minimum atomic E-state index is -0.0313. The highest BCUT2D eigenvalue weighted by atomic mass is 35.5. The van der Waals surface area contributed by atoms with E-state index in [0.29, 0.717) is 24.3 Å². The van der Waals surface area contributed by atoms with E-state index >= 15 is 0 Å². The number of nitrogen functional groups attached to an aromatic ring is 1. The van der Waals surface area contributed by atoms with Gasteiger partial charge in [-0.3, -0.25) is 4.79 Å². The molecule has 0 bridgehead atoms. The Hall–Kier alpha value is -2.24. The van der Waals surface area contributed by atoms with Crippen molar-refractivity contribution in [2.75, 3.05) is 26.0 Å². The summed E-state index contributed by atoms with van der Waals surface area (Å²) in [6.45, 7) is 3.72. The number of hydrogen-bond acceptors (Lipinski definition) is 4. The molecule has 0 aromatic heterocycles. The van der Waals surface area contributed by atoms with Gasteiger partial charge in [-0.25, -0.2) is 0 Å². The molecular formula is C21H27ClN2O3. The van der Waals surface area contributed by atoms with Gasteiger partial charge in [0.25, 0.3) is 5.91 Å². The number of anilines is 1. The van der Waals surface area contributed by atoms with Crippen molar-refractivity contribution in [1.82, 2.24) is 4.90 Å². The average Bonchev–Trinajstić information content (AvgIpc) is 3.16. The third-order valence-electron chi connectivity index (χ3n) is 4.78. The quantitative estimate of drug-likeness (QED) is 0.761. The van der Waals surface area contributed by atoms with Crippen molar-refractivity contribution >= 4 is 24.0 Å². The molecule has 146 valence electrons. The highest BCUT2D eigenvalue weighted by molar-refractivity contribution is 5.96. The molecule has 5 nitrogen and oxygen atoms in total. The Labute approximate surface area is 166 Å². The zero-order valence-electron chi connectivity index (χ0n) is 15.8. The number of nitrogens with two attached hydrogens (primary N) is 1. The number of hydrogen-bond donors (Lipinski definition) is 1. The predicted molar refractivity (Wildman–Crippen MR) is 110 cm³/mol. The lowest BCUT2D eigenvalue weighted by Gasteiger charge is -2.27. The summed E-state index contributed by atoms with van der Waals surface area (Å²) in [6, 6.07) is 13.2. The van der Waals surface area contributed by atoms with Gasteiger partial charge in [0.2, 0.25) is 0 Å². The lowest BCUT2D eigenvalue weighted by molar-refractivity contribution is 0.0505. The Morgan fingerprint density at radius 1 is 1.30 bits per heavy atom. The standard InChI is InChI=1S/C21H26N2O3.ClH/c1-15-9-10-17(22)12-19(15)21(24)23(14-18-7-5-11-26-18)13-16-6-3-4-8-20(16)25-2;/h3-4,6,8-10,12,18H,5,7,11,13-14,22H2,1-2H3;1H. The number of carbonyl (C=O) groups excluding carboxylic acids is 1. The minimum absolute atomic E-state index is 0. The number of halogens is 1. The fourth-order valence-corrected chi connectivity index (χ4v) is 3.33. The molecule has 0 spiro atoms. The van der Waals surface area contributed by atoms with Crippen LogP contribution in [0, 0.1) is 6.92 Å². The third kappa shape index (κ3) is 5.15. The molecule has 1 aliphatic heterocycles. The van der Waals surface area contributed by atoms with Crippen molar-refractivity contribution < 1.29 is 14.3 Å². The number of nitrogens with zero attached hydrogens (tertiary/aromatic N) is 1. The molecule has 1 amide bonds. The van der Waals surface area contributed by atoms with Crippen LogP contribution in [0.1, 0.15) is 34.3 Å². The van der Waals surface area contributed by atoms with E-state index in [1.807, 2.05) is 48.2 Å². The molecule has 3 rings (SSSR count). The number of aryl methyl sites for hydroxylation is 1. The van der Waals surface area contributed by atoms with Gasteiger partial charge >= 0.3 is 0 Å². The molecule has 1 saturated heterocycles. The largest absolute Gasteiger partial charge is 0.496 e. The zero-order chi connectivity index (χ0) is 18.5. The third-order valence-corrected chi connectivity index (χ3v) is 4.78. The molecular weight excluding hydrogens is 364 g/mol. The average molecular weight is 391 g/mol. The molecule has 0 saturated carbocycles. The van der Waals surface area contributed by atoms with Gasteiger partial charge in [-0.05, 0) is 43.5 Å². The summed E-state index contributed by atoms with van der Waals surface area (Å²) in [4.78, 5) is 15.1. The first-order chi connectivity index (χ1) is 12.6. The molecule has 2 aromatic rings. The zero-order valence-corrected chi connectivity index (χ0v) is 16.6. The highest BCUT2D eigenvalue weighted by Gasteiger charge is 2.25. The van der Waals surface area contributed by atoms with Crippen LogP contribution < -0.4 is 10.5 Å². The summed E-state index contributed by atoms with van der Waals surface area (Å²) in [5, 5.41) is 0. The second kappa shape index (κ2) is 9.62. The van der Waals surface area contributed by atoms with Gasteiger partial charge in [0.1, 0.15) is 5.75 Å². The Bertz CT molecular complexity index is 776. The molecule has 1 heterocycles. The lowest BCUT2D eigenvalue weighted by Crippen LogP contribution is -2.37. The van der Waals surface area contributed by atoms with Crippen LogP contribution in [0.4, 0.5) is 5.69 Å². The fraction of sp³-hybridized carbons (Fsp3) is 0.381. The number of benzene rings is 2. The van der Waals surface area contributed by atoms with E-state index in [1.54, 1.807) is 13.2 Å². The Balaban J connectivity index is 0.00000261. The number of rotatable bonds is 6. The molecule has 2 N–H and O–H groups in total. The number of para-hydroxylation sites is 1.